The molecule has 4 heteroatoms. The summed E-state index contributed by atoms with van der Waals surface area (Å²) in [7, 11) is 0. The van der Waals surface area contributed by atoms with Gasteiger partial charge in [0.2, 0.25) is 5.91 Å². The largest absolute Gasteiger partial charge is 0.367 e. The zero-order chi connectivity index (χ0) is 19.6. The van der Waals surface area contributed by atoms with E-state index >= 15 is 0 Å². The lowest BCUT2D eigenvalue weighted by atomic mass is 10.1. The van der Waals surface area contributed by atoms with E-state index in [9.17, 15) is 4.79 Å². The van der Waals surface area contributed by atoms with Crippen LogP contribution in [-0.4, -0.2) is 5.91 Å². The molecule has 2 aliphatic rings. The Hall–Kier alpha value is -2.98. The monoisotopic (exact) mass is 398 g/mol. The van der Waals surface area contributed by atoms with Crippen LogP contribution >= 0.6 is 11.8 Å². The Morgan fingerprint density at radius 1 is 0.828 bits per heavy atom. The molecule has 3 aromatic carbocycles. The van der Waals surface area contributed by atoms with Crippen LogP contribution in [0.15, 0.2) is 96.0 Å². The van der Waals surface area contributed by atoms with Crippen LogP contribution < -0.4 is 10.6 Å². The summed E-state index contributed by atoms with van der Waals surface area (Å²) >= 11 is 1.67. The third-order valence-corrected chi connectivity index (χ3v) is 6.66. The lowest BCUT2D eigenvalue weighted by Gasteiger charge is -2.12. The smallest absolute Gasteiger partial charge is 0.228 e. The second-order valence-electron chi connectivity index (χ2n) is 7.47. The third kappa shape index (κ3) is 3.81. The van der Waals surface area contributed by atoms with Crippen LogP contribution in [0, 0.1) is 5.92 Å². The number of nitrogens with one attached hydrogen (secondary N) is 2. The van der Waals surface area contributed by atoms with Crippen LogP contribution in [0.2, 0.25) is 0 Å². The Morgan fingerprint density at radius 2 is 1.41 bits per heavy atom. The van der Waals surface area contributed by atoms with Gasteiger partial charge in [-0.05, 0) is 23.5 Å². The van der Waals surface area contributed by atoms with Gasteiger partial charge >= 0.3 is 0 Å². The third-order valence-electron chi connectivity index (χ3n) is 5.49. The van der Waals surface area contributed by atoms with E-state index in [-0.39, 0.29) is 17.2 Å². The molecule has 144 valence electrons. The Balaban J connectivity index is 1.36. The molecule has 0 spiro atoms. The highest BCUT2D eigenvalue weighted by molar-refractivity contribution is 8.03. The maximum atomic E-state index is 13.0. The molecule has 3 unspecified atom stereocenters. The van der Waals surface area contributed by atoms with E-state index in [4.69, 9.17) is 0 Å². The number of hydrogen-bond donors (Lipinski definition) is 2. The van der Waals surface area contributed by atoms with Crippen molar-refractivity contribution < 1.29 is 4.79 Å². The molecule has 0 saturated heterocycles. The molecule has 3 atom stereocenters. The first-order valence-corrected chi connectivity index (χ1v) is 10.8. The average Bonchev–Trinajstić information content (AvgIpc) is 3.49. The number of hydrogen-bond acceptors (Lipinski definition) is 3. The van der Waals surface area contributed by atoms with E-state index in [1.165, 1.54) is 11.1 Å². The van der Waals surface area contributed by atoms with Crippen molar-refractivity contribution >= 4 is 23.4 Å². The first-order valence-electron chi connectivity index (χ1n) is 9.93. The molecular weight excluding hydrogens is 376 g/mol. The zero-order valence-electron chi connectivity index (χ0n) is 15.9. The van der Waals surface area contributed by atoms with Crippen LogP contribution in [0.3, 0.4) is 0 Å². The molecule has 1 aliphatic heterocycles. The zero-order valence-corrected chi connectivity index (χ0v) is 16.7. The summed E-state index contributed by atoms with van der Waals surface area (Å²) in [6, 6.07) is 30.9. The standard InChI is InChI=1S/C25H22N2OS/c28-23(21-16-20(21)17-10-4-1-5-11-17)27-25-22(18-12-6-2-7-13-18)26-24(29-25)19-14-8-3-9-15-19/h1-15,20-21,24,26H,16H2,(H,27,28). The van der Waals surface area contributed by atoms with Crippen LogP contribution in [0.25, 0.3) is 5.70 Å². The summed E-state index contributed by atoms with van der Waals surface area (Å²) < 4.78 is 0. The lowest BCUT2D eigenvalue weighted by Crippen LogP contribution is -2.24. The second-order valence-corrected chi connectivity index (χ2v) is 8.59. The number of rotatable bonds is 5. The van der Waals surface area contributed by atoms with Crippen LogP contribution in [-0.2, 0) is 4.79 Å². The van der Waals surface area contributed by atoms with Crippen molar-refractivity contribution in [2.45, 2.75) is 17.7 Å². The molecule has 0 bridgehead atoms. The first-order chi connectivity index (χ1) is 14.3. The normalized spacial score (nSPS) is 22.8. The minimum absolute atomic E-state index is 0.0540. The molecule has 2 N–H and O–H groups in total. The molecule has 1 amide bonds. The fraction of sp³-hybridized carbons (Fsp3) is 0.160. The topological polar surface area (TPSA) is 41.1 Å². The van der Waals surface area contributed by atoms with Gasteiger partial charge in [0, 0.05) is 11.5 Å². The van der Waals surface area contributed by atoms with E-state index in [0.29, 0.717) is 5.92 Å². The van der Waals surface area contributed by atoms with Crippen molar-refractivity contribution in [2.24, 2.45) is 5.92 Å². The van der Waals surface area contributed by atoms with Gasteiger partial charge in [-0.15, -0.1) is 0 Å². The maximum absolute atomic E-state index is 13.0. The molecule has 3 nitrogen and oxygen atoms in total. The van der Waals surface area contributed by atoms with Crippen molar-refractivity contribution in [2.75, 3.05) is 0 Å². The molecule has 1 saturated carbocycles. The Bertz CT molecular complexity index is 1030. The molecular formula is C25H22N2OS. The molecule has 1 heterocycles. The fourth-order valence-corrected chi connectivity index (χ4v) is 5.01. The van der Waals surface area contributed by atoms with E-state index in [1.54, 1.807) is 11.8 Å². The number of benzene rings is 3. The van der Waals surface area contributed by atoms with Gasteiger partial charge in [-0.1, -0.05) is 103 Å². The van der Waals surface area contributed by atoms with Crippen LogP contribution in [0.1, 0.15) is 34.4 Å². The minimum atomic E-state index is 0.0540. The Labute approximate surface area is 175 Å². The van der Waals surface area contributed by atoms with Crippen molar-refractivity contribution in [1.29, 1.82) is 0 Å². The predicted molar refractivity (Wildman–Crippen MR) is 119 cm³/mol. The van der Waals surface area contributed by atoms with E-state index < -0.39 is 0 Å². The van der Waals surface area contributed by atoms with E-state index in [1.807, 2.05) is 54.6 Å². The summed E-state index contributed by atoms with van der Waals surface area (Å²) in [4.78, 5) is 13.0. The maximum Gasteiger partial charge on any atom is 0.228 e. The number of thioether (sulfide) groups is 1. The molecule has 1 aliphatic carbocycles. The van der Waals surface area contributed by atoms with Crippen molar-refractivity contribution in [3.63, 3.8) is 0 Å². The van der Waals surface area contributed by atoms with E-state index in [0.717, 1.165) is 22.7 Å². The molecule has 3 aromatic rings. The van der Waals surface area contributed by atoms with Gasteiger partial charge in [-0.2, -0.15) is 0 Å². The SMILES string of the molecule is O=C(NC1=C(c2ccccc2)NC(c2ccccc2)S1)C1CC1c1ccccc1. The fourth-order valence-electron chi connectivity index (χ4n) is 3.85. The average molecular weight is 399 g/mol. The molecule has 5 rings (SSSR count). The number of carbonyl (C=O) groups excluding carboxylic acids is 1. The summed E-state index contributed by atoms with van der Waals surface area (Å²) in [5, 5.41) is 7.84. The van der Waals surface area contributed by atoms with Crippen molar-refractivity contribution in [3.05, 3.63) is 113 Å². The molecule has 0 aromatic heterocycles. The van der Waals surface area contributed by atoms with Gasteiger partial charge in [0.15, 0.2) is 0 Å². The summed E-state index contributed by atoms with van der Waals surface area (Å²) in [5.74, 6) is 0.504. The predicted octanol–water partition coefficient (Wildman–Crippen LogP) is 5.27. The second kappa shape index (κ2) is 7.80. The lowest BCUT2D eigenvalue weighted by molar-refractivity contribution is -0.121. The van der Waals surface area contributed by atoms with Gasteiger partial charge in [-0.25, -0.2) is 0 Å². The summed E-state index contributed by atoms with van der Waals surface area (Å²) in [5.41, 5.74) is 4.53. The molecule has 1 fully saturated rings. The quantitative estimate of drug-likeness (QED) is 0.615. The summed E-state index contributed by atoms with van der Waals surface area (Å²) in [6.07, 6.45) is 0.921. The van der Waals surface area contributed by atoms with Gasteiger partial charge in [-0.3, -0.25) is 4.79 Å². The number of amides is 1. The van der Waals surface area contributed by atoms with Crippen LogP contribution in [0.5, 0.6) is 0 Å². The number of carbonyl (C=O) groups is 1. The van der Waals surface area contributed by atoms with Gasteiger partial charge in [0.05, 0.1) is 5.70 Å². The Kier molecular flexibility index (Phi) is 4.86. The summed E-state index contributed by atoms with van der Waals surface area (Å²) in [6.45, 7) is 0. The van der Waals surface area contributed by atoms with Gasteiger partial charge < -0.3 is 10.6 Å². The highest BCUT2D eigenvalue weighted by atomic mass is 32.2. The van der Waals surface area contributed by atoms with Gasteiger partial charge in [0.1, 0.15) is 10.4 Å². The highest BCUT2D eigenvalue weighted by Gasteiger charge is 2.44. The molecule has 29 heavy (non-hydrogen) atoms. The minimum Gasteiger partial charge on any atom is -0.367 e. The van der Waals surface area contributed by atoms with Crippen molar-refractivity contribution in [3.8, 4) is 0 Å². The molecule has 0 radical (unpaired) electrons. The van der Waals surface area contributed by atoms with E-state index in [2.05, 4.69) is 47.0 Å². The highest BCUT2D eigenvalue weighted by Crippen LogP contribution is 2.48. The van der Waals surface area contributed by atoms with Crippen LogP contribution in [0.4, 0.5) is 0 Å². The first kappa shape index (κ1) is 18.1. The van der Waals surface area contributed by atoms with Crippen molar-refractivity contribution in [1.82, 2.24) is 10.6 Å². The van der Waals surface area contributed by atoms with Gasteiger partial charge in [0.25, 0.3) is 0 Å². The Morgan fingerprint density at radius 3 is 2.07 bits per heavy atom.